The quantitative estimate of drug-likeness (QED) is 0.339. The second-order valence-corrected chi connectivity index (χ2v) is 9.14. The Balaban J connectivity index is 1.48. The highest BCUT2D eigenvalue weighted by Gasteiger charge is 2.11. The van der Waals surface area contributed by atoms with Gasteiger partial charge in [-0.3, -0.25) is 4.79 Å². The van der Waals surface area contributed by atoms with Crippen LogP contribution < -0.4 is 10.6 Å². The number of nitrogens with one attached hydrogen (secondary N) is 2. The molecule has 148 valence electrons. The average molecular weight is 434 g/mol. The van der Waals surface area contributed by atoms with Gasteiger partial charge < -0.3 is 10.6 Å². The zero-order chi connectivity index (χ0) is 19.8. The first-order chi connectivity index (χ1) is 13.7. The maximum Gasteiger partial charge on any atom is 0.236 e. The highest BCUT2D eigenvalue weighted by molar-refractivity contribution is 8.01. The van der Waals surface area contributed by atoms with Crippen LogP contribution in [0.3, 0.4) is 0 Å². The molecule has 0 atom stereocenters. The molecule has 0 aliphatic rings. The topological polar surface area (TPSA) is 79.8 Å². The predicted molar refractivity (Wildman–Crippen MR) is 120 cm³/mol. The van der Waals surface area contributed by atoms with Gasteiger partial charge in [0.2, 0.25) is 11.0 Å². The van der Waals surface area contributed by atoms with Crippen molar-refractivity contribution in [2.75, 3.05) is 22.9 Å². The number of thiazole rings is 1. The summed E-state index contributed by atoms with van der Waals surface area (Å²) >= 11 is 4.29. The van der Waals surface area contributed by atoms with Gasteiger partial charge in [-0.2, -0.15) is 0 Å². The van der Waals surface area contributed by atoms with Crippen LogP contribution >= 0.6 is 34.4 Å². The van der Waals surface area contributed by atoms with Crippen LogP contribution in [0.25, 0.3) is 11.3 Å². The van der Waals surface area contributed by atoms with E-state index in [0.29, 0.717) is 5.13 Å². The fourth-order valence-corrected chi connectivity index (χ4v) is 4.68. The maximum absolute atomic E-state index is 12.2. The smallest absolute Gasteiger partial charge is 0.236 e. The van der Waals surface area contributed by atoms with E-state index in [0.717, 1.165) is 46.5 Å². The van der Waals surface area contributed by atoms with Crippen LogP contribution in [0.2, 0.25) is 0 Å². The predicted octanol–water partition coefficient (Wildman–Crippen LogP) is 5.17. The monoisotopic (exact) mass is 433 g/mol. The van der Waals surface area contributed by atoms with Crippen molar-refractivity contribution in [2.24, 2.45) is 0 Å². The first-order valence-corrected chi connectivity index (χ1v) is 11.9. The minimum absolute atomic E-state index is 0.0945. The molecule has 0 unspecified atom stereocenters. The minimum Gasteiger partial charge on any atom is -0.360 e. The number of aromatic nitrogens is 3. The first-order valence-electron chi connectivity index (χ1n) is 9.22. The Morgan fingerprint density at radius 1 is 1.14 bits per heavy atom. The molecule has 9 heteroatoms. The Morgan fingerprint density at radius 2 is 1.96 bits per heavy atom. The maximum atomic E-state index is 12.2. The molecule has 3 aromatic rings. The molecule has 2 heterocycles. The van der Waals surface area contributed by atoms with E-state index in [2.05, 4.69) is 63.9 Å². The van der Waals surface area contributed by atoms with E-state index in [-0.39, 0.29) is 11.7 Å². The molecule has 3 rings (SSSR count). The number of anilines is 2. The van der Waals surface area contributed by atoms with Gasteiger partial charge >= 0.3 is 0 Å². The number of unbranched alkanes of at least 4 members (excludes halogenated alkanes) is 1. The van der Waals surface area contributed by atoms with Gasteiger partial charge in [-0.15, -0.1) is 21.5 Å². The summed E-state index contributed by atoms with van der Waals surface area (Å²) in [6.45, 7) is 5.17. The van der Waals surface area contributed by atoms with Crippen LogP contribution in [0.4, 0.5) is 10.3 Å². The van der Waals surface area contributed by atoms with Crippen molar-refractivity contribution < 1.29 is 4.79 Å². The van der Waals surface area contributed by atoms with E-state index in [1.807, 2.05) is 5.38 Å². The van der Waals surface area contributed by atoms with Gasteiger partial charge in [-0.05, 0) is 18.4 Å². The molecule has 0 saturated heterocycles. The number of carbonyl (C=O) groups excluding carboxylic acids is 1. The van der Waals surface area contributed by atoms with Crippen molar-refractivity contribution in [3.05, 3.63) is 35.2 Å². The average Bonchev–Trinajstić information content (AvgIpc) is 3.36. The van der Waals surface area contributed by atoms with E-state index in [1.165, 1.54) is 40.0 Å². The van der Waals surface area contributed by atoms with Gasteiger partial charge in [0, 0.05) is 17.5 Å². The number of rotatable bonds is 10. The molecule has 0 bridgehead atoms. The second-order valence-electron chi connectivity index (χ2n) is 6.08. The van der Waals surface area contributed by atoms with Gasteiger partial charge in [0.1, 0.15) is 0 Å². The fourth-order valence-electron chi connectivity index (χ4n) is 2.37. The molecule has 6 nitrogen and oxygen atoms in total. The van der Waals surface area contributed by atoms with Gasteiger partial charge in [0.25, 0.3) is 0 Å². The Bertz CT molecular complexity index is 891. The lowest BCUT2D eigenvalue weighted by molar-refractivity contribution is -0.113. The lowest BCUT2D eigenvalue weighted by Crippen LogP contribution is -2.13. The molecule has 1 aromatic carbocycles. The summed E-state index contributed by atoms with van der Waals surface area (Å²) in [5.74, 6) is 0.187. The number of amides is 1. The molecule has 28 heavy (non-hydrogen) atoms. The molecule has 1 amide bonds. The first kappa shape index (κ1) is 20.8. The van der Waals surface area contributed by atoms with Crippen molar-refractivity contribution in [1.29, 1.82) is 0 Å². The molecule has 2 N–H and O–H groups in total. The van der Waals surface area contributed by atoms with E-state index in [9.17, 15) is 4.79 Å². The summed E-state index contributed by atoms with van der Waals surface area (Å²) in [4.78, 5) is 16.7. The molecule has 0 radical (unpaired) electrons. The Hall–Kier alpha value is -1.97. The van der Waals surface area contributed by atoms with E-state index in [4.69, 9.17) is 0 Å². The molecule has 0 aliphatic heterocycles. The van der Waals surface area contributed by atoms with Crippen molar-refractivity contribution in [2.45, 2.75) is 37.4 Å². The zero-order valence-corrected chi connectivity index (χ0v) is 18.3. The third-order valence-corrected chi connectivity index (χ3v) is 6.72. The number of nitrogens with zero attached hydrogens (tertiary/aromatic N) is 3. The summed E-state index contributed by atoms with van der Waals surface area (Å²) in [7, 11) is 0. The van der Waals surface area contributed by atoms with Crippen molar-refractivity contribution in [1.82, 2.24) is 15.2 Å². The summed E-state index contributed by atoms with van der Waals surface area (Å²) in [5, 5.41) is 17.7. The Morgan fingerprint density at radius 3 is 2.71 bits per heavy atom. The number of benzene rings is 1. The van der Waals surface area contributed by atoms with E-state index < -0.39 is 0 Å². The molecule has 0 fully saturated rings. The summed E-state index contributed by atoms with van der Waals surface area (Å²) in [5.41, 5.74) is 3.23. The van der Waals surface area contributed by atoms with Crippen LogP contribution in [-0.4, -0.2) is 33.4 Å². The Labute approximate surface area is 177 Å². The minimum atomic E-state index is -0.0945. The molecular formula is C19H23N5OS3. The normalized spacial score (nSPS) is 10.8. The standard InChI is InChI=1S/C19H23N5OS3/c1-3-5-10-20-17-23-24-19(28-17)27-12-16(25)22-18-21-15(11-26-18)14-8-6-13(4-2)7-9-14/h6-9,11H,3-5,10,12H2,1-2H3,(H,20,23)(H,21,22,25). The second kappa shape index (κ2) is 10.5. The highest BCUT2D eigenvalue weighted by atomic mass is 32.2. The van der Waals surface area contributed by atoms with Crippen molar-refractivity contribution >= 4 is 50.6 Å². The van der Waals surface area contributed by atoms with Crippen molar-refractivity contribution in [3.63, 3.8) is 0 Å². The fraction of sp³-hybridized carbons (Fsp3) is 0.368. The lowest BCUT2D eigenvalue weighted by atomic mass is 10.1. The summed E-state index contributed by atoms with van der Waals surface area (Å²) < 4.78 is 0.782. The van der Waals surface area contributed by atoms with Gasteiger partial charge in [-0.1, -0.05) is 67.6 Å². The molecular weight excluding hydrogens is 410 g/mol. The van der Waals surface area contributed by atoms with Crippen LogP contribution in [-0.2, 0) is 11.2 Å². The molecule has 2 aromatic heterocycles. The number of aryl methyl sites for hydroxylation is 1. The van der Waals surface area contributed by atoms with Crippen LogP contribution in [0.5, 0.6) is 0 Å². The Kier molecular flexibility index (Phi) is 7.81. The van der Waals surface area contributed by atoms with Crippen LogP contribution in [0.1, 0.15) is 32.3 Å². The van der Waals surface area contributed by atoms with Crippen LogP contribution in [0.15, 0.2) is 34.0 Å². The van der Waals surface area contributed by atoms with Gasteiger partial charge in [0.05, 0.1) is 11.4 Å². The van der Waals surface area contributed by atoms with Crippen LogP contribution in [0, 0.1) is 0 Å². The third kappa shape index (κ3) is 6.02. The lowest BCUT2D eigenvalue weighted by Gasteiger charge is -2.01. The molecule has 0 saturated carbocycles. The highest BCUT2D eigenvalue weighted by Crippen LogP contribution is 2.27. The largest absolute Gasteiger partial charge is 0.360 e. The number of hydrogen-bond donors (Lipinski definition) is 2. The van der Waals surface area contributed by atoms with E-state index >= 15 is 0 Å². The van der Waals surface area contributed by atoms with Gasteiger partial charge in [-0.25, -0.2) is 4.98 Å². The third-order valence-electron chi connectivity index (χ3n) is 3.95. The summed E-state index contributed by atoms with van der Waals surface area (Å²) in [6, 6.07) is 8.35. The van der Waals surface area contributed by atoms with Crippen molar-refractivity contribution in [3.8, 4) is 11.3 Å². The number of hydrogen-bond acceptors (Lipinski definition) is 8. The zero-order valence-electron chi connectivity index (χ0n) is 15.9. The molecule has 0 aliphatic carbocycles. The summed E-state index contributed by atoms with van der Waals surface area (Å²) in [6.07, 6.45) is 3.25. The van der Waals surface area contributed by atoms with E-state index in [1.54, 1.807) is 0 Å². The SMILES string of the molecule is CCCCNc1nnc(SCC(=O)Nc2nc(-c3ccc(CC)cc3)cs2)s1. The van der Waals surface area contributed by atoms with Gasteiger partial charge in [0.15, 0.2) is 9.47 Å². The number of carbonyl (C=O) groups is 1. The number of thioether (sulfide) groups is 1. The molecule has 0 spiro atoms.